The van der Waals surface area contributed by atoms with Crippen molar-refractivity contribution in [3.8, 4) is 22.1 Å². The van der Waals surface area contributed by atoms with Crippen LogP contribution in [0.25, 0.3) is 10.6 Å². The maximum atomic E-state index is 12.6. The van der Waals surface area contributed by atoms with Gasteiger partial charge in [-0.3, -0.25) is 9.69 Å². The highest BCUT2D eigenvalue weighted by atomic mass is 32.1. The predicted octanol–water partition coefficient (Wildman–Crippen LogP) is 4.38. The average molecular weight is 458 g/mol. The SMILES string of the molecule is COc1ccc(-c2nc(CC(=O)NC[C@H](c3cccs3)N3CCCC3)cs2)cc1OC. The van der Waals surface area contributed by atoms with Gasteiger partial charge >= 0.3 is 0 Å². The van der Waals surface area contributed by atoms with Gasteiger partial charge < -0.3 is 14.8 Å². The van der Waals surface area contributed by atoms with Crippen LogP contribution in [0.2, 0.25) is 0 Å². The van der Waals surface area contributed by atoms with E-state index in [-0.39, 0.29) is 18.4 Å². The van der Waals surface area contributed by atoms with Crippen molar-refractivity contribution in [2.75, 3.05) is 33.9 Å². The number of aromatic nitrogens is 1. The fourth-order valence-electron chi connectivity index (χ4n) is 3.87. The Kier molecular flexibility index (Phi) is 7.21. The molecule has 1 aliphatic heterocycles. The third-order valence-corrected chi connectivity index (χ3v) is 7.38. The van der Waals surface area contributed by atoms with E-state index in [1.807, 2.05) is 23.6 Å². The van der Waals surface area contributed by atoms with E-state index in [9.17, 15) is 4.79 Å². The molecule has 1 atom stereocenters. The summed E-state index contributed by atoms with van der Waals surface area (Å²) in [6, 6.07) is 10.2. The number of amides is 1. The standard InChI is InChI=1S/C23H27N3O3S2/c1-28-19-8-7-16(12-20(19)29-2)23-25-17(15-31-23)13-22(27)24-14-18(21-6-5-11-30-21)26-9-3-4-10-26/h5-8,11-12,15,18H,3-4,9-10,13-14H2,1-2H3,(H,24,27)/t18-/m1/s1. The van der Waals surface area contributed by atoms with Crippen molar-refractivity contribution in [1.82, 2.24) is 15.2 Å². The van der Waals surface area contributed by atoms with Gasteiger partial charge in [-0.1, -0.05) is 6.07 Å². The molecule has 1 aliphatic rings. The molecule has 1 amide bonds. The van der Waals surface area contributed by atoms with Crippen LogP contribution in [0.4, 0.5) is 0 Å². The topological polar surface area (TPSA) is 63.7 Å². The Labute approximate surface area is 190 Å². The smallest absolute Gasteiger partial charge is 0.226 e. The van der Waals surface area contributed by atoms with E-state index in [0.717, 1.165) is 29.4 Å². The summed E-state index contributed by atoms with van der Waals surface area (Å²) in [6.07, 6.45) is 2.74. The van der Waals surface area contributed by atoms with Crippen LogP contribution in [-0.4, -0.2) is 49.6 Å². The molecule has 0 spiro atoms. The molecule has 0 unspecified atom stereocenters. The summed E-state index contributed by atoms with van der Waals surface area (Å²) in [6.45, 7) is 2.82. The number of hydrogen-bond acceptors (Lipinski definition) is 7. The second kappa shape index (κ2) is 10.3. The van der Waals surface area contributed by atoms with E-state index in [4.69, 9.17) is 9.47 Å². The lowest BCUT2D eigenvalue weighted by atomic mass is 10.2. The van der Waals surface area contributed by atoms with Crippen LogP contribution in [0.3, 0.4) is 0 Å². The Morgan fingerprint density at radius 1 is 1.16 bits per heavy atom. The first-order valence-corrected chi connectivity index (χ1v) is 12.1. The number of likely N-dealkylation sites (tertiary alicyclic amines) is 1. The first-order valence-electron chi connectivity index (χ1n) is 10.4. The minimum Gasteiger partial charge on any atom is -0.493 e. The molecule has 1 N–H and O–H groups in total. The summed E-state index contributed by atoms with van der Waals surface area (Å²) in [4.78, 5) is 21.1. The van der Waals surface area contributed by atoms with Gasteiger partial charge in [-0.05, 0) is 55.6 Å². The second-order valence-electron chi connectivity index (χ2n) is 7.47. The molecule has 1 aromatic carbocycles. The third kappa shape index (κ3) is 5.26. The minimum atomic E-state index is 0.00455. The highest BCUT2D eigenvalue weighted by molar-refractivity contribution is 7.13. The number of benzene rings is 1. The van der Waals surface area contributed by atoms with Crippen molar-refractivity contribution in [3.05, 3.63) is 51.7 Å². The fourth-order valence-corrected chi connectivity index (χ4v) is 5.55. The van der Waals surface area contributed by atoms with Gasteiger partial charge in [0.15, 0.2) is 11.5 Å². The maximum Gasteiger partial charge on any atom is 0.226 e. The van der Waals surface area contributed by atoms with Crippen LogP contribution >= 0.6 is 22.7 Å². The van der Waals surface area contributed by atoms with Gasteiger partial charge in [0, 0.05) is 22.4 Å². The molecule has 6 nitrogen and oxygen atoms in total. The van der Waals surface area contributed by atoms with Crippen molar-refractivity contribution in [1.29, 1.82) is 0 Å². The fraction of sp³-hybridized carbons (Fsp3) is 0.391. The van der Waals surface area contributed by atoms with E-state index in [2.05, 4.69) is 32.7 Å². The second-order valence-corrected chi connectivity index (χ2v) is 9.31. The largest absolute Gasteiger partial charge is 0.493 e. The van der Waals surface area contributed by atoms with Crippen LogP contribution < -0.4 is 14.8 Å². The van der Waals surface area contributed by atoms with Crippen molar-refractivity contribution < 1.29 is 14.3 Å². The molecule has 2 aromatic heterocycles. The van der Waals surface area contributed by atoms with Gasteiger partial charge in [0.1, 0.15) is 5.01 Å². The molecule has 3 aromatic rings. The number of nitrogens with one attached hydrogen (secondary N) is 1. The van der Waals surface area contributed by atoms with Crippen molar-refractivity contribution >= 4 is 28.6 Å². The van der Waals surface area contributed by atoms with Crippen molar-refractivity contribution in [2.45, 2.75) is 25.3 Å². The Bertz CT molecular complexity index is 997. The summed E-state index contributed by atoms with van der Waals surface area (Å²) < 4.78 is 10.7. The molecule has 164 valence electrons. The summed E-state index contributed by atoms with van der Waals surface area (Å²) in [7, 11) is 3.23. The summed E-state index contributed by atoms with van der Waals surface area (Å²) in [5.74, 6) is 1.35. The minimum absolute atomic E-state index is 0.00455. The number of rotatable bonds is 9. The van der Waals surface area contributed by atoms with Crippen LogP contribution in [0.15, 0.2) is 41.1 Å². The Hall–Kier alpha value is -2.42. The van der Waals surface area contributed by atoms with Crippen molar-refractivity contribution in [3.63, 3.8) is 0 Å². The zero-order chi connectivity index (χ0) is 21.6. The maximum absolute atomic E-state index is 12.6. The first kappa shape index (κ1) is 21.8. The van der Waals surface area contributed by atoms with Crippen LogP contribution in [0.1, 0.15) is 29.5 Å². The van der Waals surface area contributed by atoms with E-state index < -0.39 is 0 Å². The number of nitrogens with zero attached hydrogens (tertiary/aromatic N) is 2. The number of carbonyl (C=O) groups excluding carboxylic acids is 1. The molecular weight excluding hydrogens is 430 g/mol. The molecule has 3 heterocycles. The molecule has 4 rings (SSSR count). The summed E-state index contributed by atoms with van der Waals surface area (Å²) >= 11 is 3.28. The van der Waals surface area contributed by atoms with Crippen LogP contribution in [0, 0.1) is 0 Å². The lowest BCUT2D eigenvalue weighted by Gasteiger charge is -2.26. The van der Waals surface area contributed by atoms with Crippen molar-refractivity contribution in [2.24, 2.45) is 0 Å². The Morgan fingerprint density at radius 2 is 1.97 bits per heavy atom. The van der Waals surface area contributed by atoms with Gasteiger partial charge in [-0.25, -0.2) is 4.98 Å². The van der Waals surface area contributed by atoms with Crippen LogP contribution in [-0.2, 0) is 11.2 Å². The Morgan fingerprint density at radius 3 is 2.68 bits per heavy atom. The van der Waals surface area contributed by atoms with Gasteiger partial charge in [0.25, 0.3) is 0 Å². The molecule has 8 heteroatoms. The molecule has 1 saturated heterocycles. The van der Waals surface area contributed by atoms with Crippen LogP contribution in [0.5, 0.6) is 11.5 Å². The Balaban J connectivity index is 1.37. The zero-order valence-corrected chi connectivity index (χ0v) is 19.4. The predicted molar refractivity (Wildman–Crippen MR) is 125 cm³/mol. The van der Waals surface area contributed by atoms with E-state index in [1.165, 1.54) is 29.1 Å². The third-order valence-electron chi connectivity index (χ3n) is 5.47. The molecule has 31 heavy (non-hydrogen) atoms. The van der Waals surface area contributed by atoms with E-state index >= 15 is 0 Å². The molecule has 1 fully saturated rings. The van der Waals surface area contributed by atoms with Gasteiger partial charge in [-0.2, -0.15) is 0 Å². The summed E-state index contributed by atoms with van der Waals surface area (Å²) in [5, 5.41) is 8.04. The number of methoxy groups -OCH3 is 2. The van der Waals surface area contributed by atoms with E-state index in [1.54, 1.807) is 25.6 Å². The number of hydrogen-bond donors (Lipinski definition) is 1. The molecule has 0 bridgehead atoms. The number of thiophene rings is 1. The summed E-state index contributed by atoms with van der Waals surface area (Å²) in [5.41, 5.74) is 1.72. The molecule has 0 radical (unpaired) electrons. The quantitative estimate of drug-likeness (QED) is 0.517. The lowest BCUT2D eigenvalue weighted by Crippen LogP contribution is -2.37. The number of ether oxygens (including phenoxy) is 2. The zero-order valence-electron chi connectivity index (χ0n) is 17.8. The highest BCUT2D eigenvalue weighted by Crippen LogP contribution is 2.33. The monoisotopic (exact) mass is 457 g/mol. The first-order chi connectivity index (χ1) is 15.2. The number of carbonyl (C=O) groups is 1. The van der Waals surface area contributed by atoms with E-state index in [0.29, 0.717) is 18.0 Å². The highest BCUT2D eigenvalue weighted by Gasteiger charge is 2.24. The molecule has 0 aliphatic carbocycles. The lowest BCUT2D eigenvalue weighted by molar-refractivity contribution is -0.120. The molecule has 0 saturated carbocycles. The van der Waals surface area contributed by atoms with Gasteiger partial charge in [0.05, 0.1) is 32.4 Å². The van der Waals surface area contributed by atoms with Gasteiger partial charge in [0.2, 0.25) is 5.91 Å². The number of thiazole rings is 1. The van der Waals surface area contributed by atoms with Gasteiger partial charge in [-0.15, -0.1) is 22.7 Å². The average Bonchev–Trinajstić information content (AvgIpc) is 3.56. The normalized spacial score (nSPS) is 15.0. The molecular formula is C23H27N3O3S2.